The van der Waals surface area contributed by atoms with Crippen LogP contribution in [0.15, 0.2) is 82.6 Å². The highest BCUT2D eigenvalue weighted by atomic mass is 32.2. The van der Waals surface area contributed by atoms with Crippen LogP contribution in [-0.4, -0.2) is 25.9 Å². The van der Waals surface area contributed by atoms with Crippen LogP contribution in [0.4, 0.5) is 0 Å². The Morgan fingerprint density at radius 1 is 0.618 bits per heavy atom. The molecule has 0 radical (unpaired) electrons. The fourth-order valence-corrected chi connectivity index (χ4v) is 7.19. The van der Waals surface area contributed by atoms with Gasteiger partial charge in [0.15, 0.2) is 0 Å². The molecule has 0 amide bonds. The number of benzene rings is 4. The number of hydrogen-bond acceptors (Lipinski definition) is 4. The van der Waals surface area contributed by atoms with Crippen LogP contribution in [-0.2, 0) is 25.7 Å². The van der Waals surface area contributed by atoms with Crippen molar-refractivity contribution in [3.05, 3.63) is 83.9 Å². The molecule has 1 aliphatic carbocycles. The standard InChI is InChI=1S/C26H24O6S2/c27-33(28,29)23-13-12-18-8-4-5-11-21(18)25(23)26(14-6-1-7-15-26)22-16-19-9-2-3-10-20(19)17-24(22)34(30,31)32/h2-5,8-13,16-17H,1,6-7,14-15H2,(H,27,28,29)(H,30,31,32). The minimum atomic E-state index is -4.63. The van der Waals surface area contributed by atoms with Gasteiger partial charge in [0.05, 0.1) is 9.79 Å². The van der Waals surface area contributed by atoms with Crippen LogP contribution in [0, 0.1) is 0 Å². The van der Waals surface area contributed by atoms with Crippen molar-refractivity contribution in [2.24, 2.45) is 0 Å². The van der Waals surface area contributed by atoms with Gasteiger partial charge in [-0.15, -0.1) is 0 Å². The predicted octanol–water partition coefficient (Wildman–Crippen LogP) is 5.74. The molecule has 1 fully saturated rings. The minimum Gasteiger partial charge on any atom is -0.282 e. The summed E-state index contributed by atoms with van der Waals surface area (Å²) in [5.74, 6) is 0. The van der Waals surface area contributed by atoms with Gasteiger partial charge in [0.1, 0.15) is 0 Å². The molecule has 4 aromatic rings. The van der Waals surface area contributed by atoms with Gasteiger partial charge in [0.2, 0.25) is 0 Å². The molecule has 34 heavy (non-hydrogen) atoms. The van der Waals surface area contributed by atoms with Crippen molar-refractivity contribution in [3.63, 3.8) is 0 Å². The Labute approximate surface area is 198 Å². The van der Waals surface area contributed by atoms with Crippen molar-refractivity contribution in [3.8, 4) is 0 Å². The molecule has 1 saturated carbocycles. The molecule has 0 unspecified atom stereocenters. The van der Waals surface area contributed by atoms with Crippen LogP contribution in [0.25, 0.3) is 21.5 Å². The molecule has 0 spiro atoms. The van der Waals surface area contributed by atoms with Gasteiger partial charge in [0.25, 0.3) is 20.2 Å². The molecule has 0 saturated heterocycles. The van der Waals surface area contributed by atoms with Crippen LogP contribution in [0.5, 0.6) is 0 Å². The second-order valence-corrected chi connectivity index (χ2v) is 11.7. The lowest BCUT2D eigenvalue weighted by atomic mass is 9.64. The second kappa shape index (κ2) is 8.16. The van der Waals surface area contributed by atoms with Crippen LogP contribution in [0.1, 0.15) is 43.2 Å². The highest BCUT2D eigenvalue weighted by Crippen LogP contribution is 2.51. The highest BCUT2D eigenvalue weighted by molar-refractivity contribution is 7.86. The van der Waals surface area contributed by atoms with E-state index in [1.165, 1.54) is 12.1 Å². The van der Waals surface area contributed by atoms with Crippen molar-refractivity contribution >= 4 is 41.8 Å². The second-order valence-electron chi connectivity index (χ2n) is 8.95. The summed E-state index contributed by atoms with van der Waals surface area (Å²) in [7, 11) is -9.26. The van der Waals surface area contributed by atoms with Crippen molar-refractivity contribution in [2.75, 3.05) is 0 Å². The molecule has 6 nitrogen and oxygen atoms in total. The van der Waals surface area contributed by atoms with Crippen molar-refractivity contribution in [2.45, 2.75) is 47.3 Å². The fourth-order valence-electron chi connectivity index (χ4n) is 5.58. The van der Waals surface area contributed by atoms with E-state index in [2.05, 4.69) is 0 Å². The Morgan fingerprint density at radius 3 is 1.79 bits per heavy atom. The first-order chi connectivity index (χ1) is 16.1. The summed E-state index contributed by atoms with van der Waals surface area (Å²) < 4.78 is 71.0. The lowest BCUT2D eigenvalue weighted by molar-refractivity contribution is 0.336. The molecule has 0 aliphatic heterocycles. The van der Waals surface area contributed by atoms with Gasteiger partial charge in [-0.05, 0) is 63.7 Å². The Hall–Kier alpha value is -2.78. The Kier molecular flexibility index (Phi) is 5.52. The summed E-state index contributed by atoms with van der Waals surface area (Å²) in [6, 6.07) is 20.8. The molecule has 0 bridgehead atoms. The zero-order chi connectivity index (χ0) is 24.1. The number of fused-ring (bicyclic) bond motifs is 2. The van der Waals surface area contributed by atoms with Crippen LogP contribution in [0.2, 0.25) is 0 Å². The average Bonchev–Trinajstić information content (AvgIpc) is 2.81. The molecule has 1 aliphatic rings. The summed E-state index contributed by atoms with van der Waals surface area (Å²) in [4.78, 5) is -0.468. The fraction of sp³-hybridized carbons (Fsp3) is 0.231. The van der Waals surface area contributed by atoms with Gasteiger partial charge in [0, 0.05) is 5.41 Å². The molecule has 5 rings (SSSR count). The molecule has 0 aromatic heterocycles. The van der Waals surface area contributed by atoms with Crippen LogP contribution < -0.4 is 0 Å². The lowest BCUT2D eigenvalue weighted by Gasteiger charge is -2.41. The minimum absolute atomic E-state index is 0.234. The summed E-state index contributed by atoms with van der Waals surface area (Å²) >= 11 is 0. The van der Waals surface area contributed by atoms with E-state index in [0.717, 1.165) is 30.0 Å². The Bertz CT molecular complexity index is 1630. The zero-order valence-electron chi connectivity index (χ0n) is 18.3. The zero-order valence-corrected chi connectivity index (χ0v) is 19.9. The van der Waals surface area contributed by atoms with Crippen molar-refractivity contribution < 1.29 is 25.9 Å². The largest absolute Gasteiger partial charge is 0.294 e. The normalized spacial score (nSPS) is 16.6. The third-order valence-electron chi connectivity index (χ3n) is 7.00. The third-order valence-corrected chi connectivity index (χ3v) is 8.79. The monoisotopic (exact) mass is 496 g/mol. The Morgan fingerprint density at radius 2 is 1.18 bits per heavy atom. The summed E-state index contributed by atoms with van der Waals surface area (Å²) in [5, 5.41) is 2.85. The summed E-state index contributed by atoms with van der Waals surface area (Å²) in [5.41, 5.74) is -0.304. The van der Waals surface area contributed by atoms with Gasteiger partial charge < -0.3 is 0 Å². The molecular formula is C26H24O6S2. The molecule has 0 heterocycles. The van der Waals surface area contributed by atoms with E-state index in [0.29, 0.717) is 34.7 Å². The first-order valence-electron chi connectivity index (χ1n) is 11.1. The molecule has 4 aromatic carbocycles. The third kappa shape index (κ3) is 3.80. The van der Waals surface area contributed by atoms with Gasteiger partial charge in [-0.3, -0.25) is 9.11 Å². The number of hydrogen-bond donors (Lipinski definition) is 2. The average molecular weight is 497 g/mol. The van der Waals surface area contributed by atoms with Gasteiger partial charge in [-0.1, -0.05) is 73.9 Å². The maximum atomic E-state index is 12.6. The molecule has 176 valence electrons. The van der Waals surface area contributed by atoms with Gasteiger partial charge in [-0.25, -0.2) is 0 Å². The van der Waals surface area contributed by atoms with E-state index >= 15 is 0 Å². The maximum absolute atomic E-state index is 12.6. The first-order valence-corrected chi connectivity index (χ1v) is 14.0. The molecule has 2 N–H and O–H groups in total. The lowest BCUT2D eigenvalue weighted by Crippen LogP contribution is -2.34. The van der Waals surface area contributed by atoms with Gasteiger partial charge in [-0.2, -0.15) is 16.8 Å². The number of rotatable bonds is 4. The topological polar surface area (TPSA) is 109 Å². The predicted molar refractivity (Wildman–Crippen MR) is 131 cm³/mol. The molecule has 0 atom stereocenters. The van der Waals surface area contributed by atoms with Gasteiger partial charge >= 0.3 is 0 Å². The van der Waals surface area contributed by atoms with Crippen LogP contribution >= 0.6 is 0 Å². The van der Waals surface area contributed by atoms with E-state index in [4.69, 9.17) is 0 Å². The Balaban J connectivity index is 1.99. The van der Waals surface area contributed by atoms with Crippen molar-refractivity contribution in [1.82, 2.24) is 0 Å². The molecular weight excluding hydrogens is 472 g/mol. The summed E-state index contributed by atoms with van der Waals surface area (Å²) in [6.45, 7) is 0. The highest BCUT2D eigenvalue weighted by Gasteiger charge is 2.43. The van der Waals surface area contributed by atoms with E-state index in [1.54, 1.807) is 36.4 Å². The smallest absolute Gasteiger partial charge is 0.282 e. The van der Waals surface area contributed by atoms with E-state index in [9.17, 15) is 25.9 Å². The molecule has 8 heteroatoms. The maximum Gasteiger partial charge on any atom is 0.294 e. The quantitative estimate of drug-likeness (QED) is 0.349. The van der Waals surface area contributed by atoms with Crippen LogP contribution in [0.3, 0.4) is 0 Å². The first kappa shape index (κ1) is 23.0. The van der Waals surface area contributed by atoms with E-state index in [-0.39, 0.29) is 9.79 Å². The SMILES string of the molecule is O=S(=O)(O)c1cc2ccccc2cc1C1(c2c(S(=O)(=O)O)ccc3ccccc23)CCCCC1. The summed E-state index contributed by atoms with van der Waals surface area (Å²) in [6.07, 6.45) is 3.36. The van der Waals surface area contributed by atoms with Crippen molar-refractivity contribution in [1.29, 1.82) is 0 Å². The van der Waals surface area contributed by atoms with E-state index in [1.807, 2.05) is 24.3 Å². The van der Waals surface area contributed by atoms with E-state index < -0.39 is 25.7 Å².